The molecule has 0 bridgehead atoms. The van der Waals surface area contributed by atoms with Crippen LogP contribution < -0.4 is 0 Å². The molecule has 2 aliphatic rings. The summed E-state index contributed by atoms with van der Waals surface area (Å²) < 4.78 is 2.36. The third-order valence-electron chi connectivity index (χ3n) is 18.3. The summed E-state index contributed by atoms with van der Waals surface area (Å²) in [5.41, 5.74) is 22.4. The monoisotopic (exact) mass is 1040 g/mol. The lowest BCUT2D eigenvalue weighted by molar-refractivity contribution is 0.332. The van der Waals surface area contributed by atoms with Gasteiger partial charge < -0.3 is 5.11 Å². The number of para-hydroxylation sites is 1. The molecule has 4 nitrogen and oxygen atoms in total. The maximum Gasteiger partial charge on any atom is 0.149 e. The Morgan fingerprint density at radius 2 is 0.936 bits per heavy atom. The fourth-order valence-corrected chi connectivity index (χ4v) is 12.7. The van der Waals surface area contributed by atoms with E-state index < -0.39 is 0 Å². The molecule has 0 atom stereocenters. The van der Waals surface area contributed by atoms with Gasteiger partial charge in [-0.15, -0.1) is 0 Å². The summed E-state index contributed by atoms with van der Waals surface area (Å²) in [6.07, 6.45) is 6.64. The van der Waals surface area contributed by atoms with Crippen LogP contribution in [0.15, 0.2) is 121 Å². The smallest absolute Gasteiger partial charge is 0.149 e. The van der Waals surface area contributed by atoms with Gasteiger partial charge in [-0.25, -0.2) is 4.98 Å². The van der Waals surface area contributed by atoms with E-state index in [1.165, 1.54) is 62.9 Å². The van der Waals surface area contributed by atoms with Crippen LogP contribution in [0.5, 0.6) is 5.75 Å². The molecule has 2 heterocycles. The number of fused-ring (bicyclic) bond motifs is 3. The first-order valence-corrected chi connectivity index (χ1v) is 29.0. The maximum absolute atomic E-state index is 12.9. The molecule has 0 radical (unpaired) electrons. The lowest BCUT2D eigenvalue weighted by Crippen LogP contribution is -2.33. The largest absolute Gasteiger partial charge is 0.507 e. The van der Waals surface area contributed by atoms with Gasteiger partial charge in [-0.2, -0.15) is 0 Å². The number of phenolic OH excluding ortho intramolecular Hbond substituents is 1. The van der Waals surface area contributed by atoms with Gasteiger partial charge in [0, 0.05) is 28.5 Å². The fraction of sp³-hybridized carbons (Fsp3) is 0.432. The van der Waals surface area contributed by atoms with Crippen LogP contribution >= 0.6 is 0 Å². The Bertz CT molecular complexity index is 3670. The molecule has 2 aromatic heterocycles. The minimum Gasteiger partial charge on any atom is -0.507 e. The van der Waals surface area contributed by atoms with Crippen molar-refractivity contribution in [1.29, 1.82) is 0 Å². The molecular weight excluding hydrogens is 947 g/mol. The molecule has 0 spiro atoms. The molecule has 0 fully saturated rings. The van der Waals surface area contributed by atoms with Crippen LogP contribution in [0.25, 0.3) is 72.7 Å². The number of nitrogens with zero attached hydrogens (tertiary/aromatic N) is 3. The van der Waals surface area contributed by atoms with Crippen LogP contribution in [0.1, 0.15) is 209 Å². The average Bonchev–Trinajstić information content (AvgIpc) is 3.99. The van der Waals surface area contributed by atoms with Crippen LogP contribution in [0.3, 0.4) is 0 Å². The molecule has 0 saturated heterocycles. The van der Waals surface area contributed by atoms with Crippen LogP contribution in [-0.2, 0) is 43.3 Å². The first-order chi connectivity index (χ1) is 36.0. The topological polar surface area (TPSA) is 50.9 Å². The molecule has 2 aliphatic carbocycles. The number of hydrogen-bond acceptors (Lipinski definition) is 3. The zero-order valence-corrected chi connectivity index (χ0v) is 51.2. The van der Waals surface area contributed by atoms with Gasteiger partial charge in [-0.3, -0.25) is 9.55 Å². The van der Waals surface area contributed by atoms with E-state index in [0.29, 0.717) is 5.82 Å². The standard InChI is InChI=1S/C74H89N3O/c1-67(2,3)50-26-29-62(54(42-50)47-25-28-57-59(40-47)74(19,20)34-32-72(57,15)16)77-63-23-21-22-53(64(63)76-66(77)55-43-52(69(7,8)9)44-60(65(55)78)70(10,11)12)48-36-49(38-51(37-48)68(4,5)6)61-41-46(30-35-75-61)45-24-27-56-58(39-45)73(17,18)33-31-71(56,13)14/h21-30,35-44,78H,31-34H2,1-20H3. The quantitative estimate of drug-likeness (QED) is 0.181. The van der Waals surface area contributed by atoms with Crippen molar-refractivity contribution < 1.29 is 5.11 Å². The summed E-state index contributed by atoms with van der Waals surface area (Å²) in [7, 11) is 0. The van der Waals surface area contributed by atoms with E-state index in [1.54, 1.807) is 0 Å². The molecule has 0 saturated carbocycles. The van der Waals surface area contributed by atoms with Gasteiger partial charge in [0.2, 0.25) is 0 Å². The van der Waals surface area contributed by atoms with Crippen LogP contribution in [0.2, 0.25) is 0 Å². The molecule has 78 heavy (non-hydrogen) atoms. The van der Waals surface area contributed by atoms with Gasteiger partial charge in [0.25, 0.3) is 0 Å². The predicted molar refractivity (Wildman–Crippen MR) is 333 cm³/mol. The van der Waals surface area contributed by atoms with E-state index in [0.717, 1.165) is 74.2 Å². The molecule has 8 aromatic rings. The molecule has 0 amide bonds. The number of rotatable bonds is 6. The van der Waals surface area contributed by atoms with Gasteiger partial charge in [0.05, 0.1) is 28.0 Å². The van der Waals surface area contributed by atoms with Crippen molar-refractivity contribution in [3.8, 4) is 67.5 Å². The zero-order valence-electron chi connectivity index (χ0n) is 51.2. The van der Waals surface area contributed by atoms with Crippen molar-refractivity contribution in [2.75, 3.05) is 0 Å². The van der Waals surface area contributed by atoms with E-state index in [-0.39, 0.29) is 49.1 Å². The van der Waals surface area contributed by atoms with Crippen molar-refractivity contribution >= 4 is 11.0 Å². The van der Waals surface area contributed by atoms with Crippen molar-refractivity contribution in [3.05, 3.63) is 166 Å². The SMILES string of the molecule is CC(C)(C)c1cc(-c2cc(-c3ccc4c(c3)C(C)(C)CCC4(C)C)ccn2)cc(-c2cccc3c2nc(-c2cc(C(C)(C)C)cc(C(C)(C)C)c2O)n3-c2ccc(C(C)(C)C)cc2-c2ccc3c(c2)C(C)(C)CCC3(C)C)c1. The third-order valence-corrected chi connectivity index (χ3v) is 18.3. The minimum atomic E-state index is -0.339. The molecule has 0 aliphatic heterocycles. The van der Waals surface area contributed by atoms with E-state index in [1.807, 2.05) is 6.20 Å². The van der Waals surface area contributed by atoms with E-state index in [4.69, 9.17) is 9.97 Å². The number of aromatic nitrogens is 3. The number of pyridine rings is 1. The van der Waals surface area contributed by atoms with Gasteiger partial charge in [0.15, 0.2) is 0 Å². The van der Waals surface area contributed by atoms with E-state index in [2.05, 4.69) is 258 Å². The summed E-state index contributed by atoms with van der Waals surface area (Å²) in [6, 6.07) is 44.0. The van der Waals surface area contributed by atoms with Crippen molar-refractivity contribution in [2.24, 2.45) is 0 Å². The van der Waals surface area contributed by atoms with Gasteiger partial charge in [0.1, 0.15) is 11.6 Å². The fourth-order valence-electron chi connectivity index (χ4n) is 12.7. The zero-order chi connectivity index (χ0) is 56.7. The summed E-state index contributed by atoms with van der Waals surface area (Å²) in [5, 5.41) is 12.9. The Kier molecular flexibility index (Phi) is 13.0. The van der Waals surface area contributed by atoms with Crippen LogP contribution in [-0.4, -0.2) is 19.6 Å². The summed E-state index contributed by atoms with van der Waals surface area (Å²) >= 11 is 0. The first-order valence-electron chi connectivity index (χ1n) is 29.0. The third kappa shape index (κ3) is 9.87. The number of imidazole rings is 1. The molecule has 1 N–H and O–H groups in total. The summed E-state index contributed by atoms with van der Waals surface area (Å²) in [6.45, 7) is 46.4. The van der Waals surface area contributed by atoms with Crippen molar-refractivity contribution in [1.82, 2.24) is 14.5 Å². The molecule has 406 valence electrons. The van der Waals surface area contributed by atoms with Crippen molar-refractivity contribution in [2.45, 2.75) is 207 Å². The lowest BCUT2D eigenvalue weighted by Gasteiger charge is -2.42. The lowest BCUT2D eigenvalue weighted by atomic mass is 9.63. The number of benzene rings is 6. The van der Waals surface area contributed by atoms with E-state index >= 15 is 0 Å². The normalized spacial score (nSPS) is 17.0. The highest BCUT2D eigenvalue weighted by molar-refractivity contribution is 5.98. The summed E-state index contributed by atoms with van der Waals surface area (Å²) in [4.78, 5) is 11.0. The van der Waals surface area contributed by atoms with Crippen LogP contribution in [0, 0.1) is 0 Å². The highest BCUT2D eigenvalue weighted by atomic mass is 16.3. The number of aromatic hydroxyl groups is 1. The van der Waals surface area contributed by atoms with Crippen molar-refractivity contribution in [3.63, 3.8) is 0 Å². The Morgan fingerprint density at radius 1 is 0.423 bits per heavy atom. The van der Waals surface area contributed by atoms with Gasteiger partial charge >= 0.3 is 0 Å². The second-order valence-electron chi connectivity index (χ2n) is 30.4. The maximum atomic E-state index is 12.9. The van der Waals surface area contributed by atoms with Gasteiger partial charge in [-0.05, 0) is 179 Å². The molecule has 0 unspecified atom stereocenters. The summed E-state index contributed by atoms with van der Waals surface area (Å²) in [5.74, 6) is 0.988. The Labute approximate surface area is 469 Å². The molecule has 6 aromatic carbocycles. The van der Waals surface area contributed by atoms with Gasteiger partial charge in [-0.1, -0.05) is 205 Å². The number of phenols is 1. The highest BCUT2D eigenvalue weighted by Crippen LogP contribution is 2.51. The van der Waals surface area contributed by atoms with Crippen LogP contribution in [0.4, 0.5) is 0 Å². The minimum absolute atomic E-state index is 0.0277. The Morgan fingerprint density at radius 3 is 1.51 bits per heavy atom. The molecular formula is C74H89N3O. The Hall–Kier alpha value is -6.26. The first kappa shape index (κ1) is 55.1. The molecule has 10 rings (SSSR count). The predicted octanol–water partition coefficient (Wildman–Crippen LogP) is 20.3. The average molecular weight is 1040 g/mol. The number of hydrogen-bond donors (Lipinski definition) is 1. The highest BCUT2D eigenvalue weighted by Gasteiger charge is 2.39. The van der Waals surface area contributed by atoms with E-state index in [9.17, 15) is 5.11 Å². The Balaban J connectivity index is 1.25. The second kappa shape index (κ2) is 18.4. The second-order valence-corrected chi connectivity index (χ2v) is 30.4. The molecule has 4 heteroatoms.